The number of carbonyl (C=O) groups is 1. The Bertz CT molecular complexity index is 1000. The highest BCUT2D eigenvalue weighted by Crippen LogP contribution is 2.36. The van der Waals surface area contributed by atoms with Crippen LogP contribution in [-0.2, 0) is 4.79 Å². The number of benzene rings is 1. The van der Waals surface area contributed by atoms with Crippen LogP contribution >= 0.6 is 23.4 Å². The average molecular weight is 424 g/mol. The van der Waals surface area contributed by atoms with Crippen LogP contribution in [0.25, 0.3) is 11.5 Å². The van der Waals surface area contributed by atoms with Crippen LogP contribution in [0.15, 0.2) is 32.3 Å². The fourth-order valence-electron chi connectivity index (χ4n) is 2.49. The van der Waals surface area contributed by atoms with Crippen molar-refractivity contribution in [2.75, 3.05) is 25.3 Å². The van der Waals surface area contributed by atoms with Gasteiger partial charge >= 0.3 is 0 Å². The van der Waals surface area contributed by atoms with Gasteiger partial charge in [0.15, 0.2) is 0 Å². The van der Waals surface area contributed by atoms with Gasteiger partial charge in [-0.1, -0.05) is 23.4 Å². The van der Waals surface area contributed by atoms with Crippen LogP contribution in [0, 0.1) is 13.8 Å². The summed E-state index contributed by atoms with van der Waals surface area (Å²) < 4.78 is 21.5. The van der Waals surface area contributed by atoms with E-state index in [-0.39, 0.29) is 16.9 Å². The van der Waals surface area contributed by atoms with E-state index in [1.54, 1.807) is 12.1 Å². The number of ether oxygens (including phenoxy) is 2. The summed E-state index contributed by atoms with van der Waals surface area (Å²) in [6.07, 6.45) is 0. The molecule has 0 aliphatic rings. The first kappa shape index (κ1) is 20.1. The molecule has 10 heteroatoms. The molecule has 0 aliphatic heterocycles. The van der Waals surface area contributed by atoms with Gasteiger partial charge in [-0.15, -0.1) is 10.2 Å². The molecule has 0 saturated heterocycles. The molecule has 1 amide bonds. The van der Waals surface area contributed by atoms with E-state index < -0.39 is 0 Å². The Hall–Kier alpha value is -2.65. The van der Waals surface area contributed by atoms with Crippen LogP contribution in [0.3, 0.4) is 0 Å². The van der Waals surface area contributed by atoms with Crippen molar-refractivity contribution in [3.8, 4) is 23.0 Å². The lowest BCUT2D eigenvalue weighted by molar-refractivity contribution is -0.113. The third-order valence-corrected chi connectivity index (χ3v) is 4.87. The molecule has 0 radical (unpaired) electrons. The fraction of sp³-hybridized carbons (Fsp3) is 0.278. The molecule has 8 nitrogen and oxygen atoms in total. The quantitative estimate of drug-likeness (QED) is 0.560. The molecule has 0 aliphatic carbocycles. The van der Waals surface area contributed by atoms with Crippen LogP contribution in [0.2, 0.25) is 5.02 Å². The molecule has 0 saturated carbocycles. The molecule has 1 N–H and O–H groups in total. The molecule has 3 aromatic rings. The van der Waals surface area contributed by atoms with Crippen molar-refractivity contribution in [3.05, 3.63) is 34.7 Å². The minimum absolute atomic E-state index is 0.0686. The van der Waals surface area contributed by atoms with Crippen molar-refractivity contribution in [2.45, 2.75) is 19.1 Å². The molecule has 1 aromatic carbocycles. The van der Waals surface area contributed by atoms with Crippen LogP contribution in [0.5, 0.6) is 11.5 Å². The number of methoxy groups -OCH3 is 2. The van der Waals surface area contributed by atoms with Crippen LogP contribution < -0.4 is 14.8 Å². The largest absolute Gasteiger partial charge is 0.495 e. The minimum Gasteiger partial charge on any atom is -0.495 e. The fourth-order valence-corrected chi connectivity index (χ4v) is 3.29. The lowest BCUT2D eigenvalue weighted by atomic mass is 10.2. The predicted octanol–water partition coefficient (Wildman–Crippen LogP) is 4.35. The Kier molecular flexibility index (Phi) is 6.15. The molecule has 0 spiro atoms. The van der Waals surface area contributed by atoms with Gasteiger partial charge in [-0.05, 0) is 19.9 Å². The molecule has 0 atom stereocenters. The zero-order valence-electron chi connectivity index (χ0n) is 15.7. The second kappa shape index (κ2) is 8.57. The van der Waals surface area contributed by atoms with E-state index in [0.29, 0.717) is 33.9 Å². The van der Waals surface area contributed by atoms with Crippen molar-refractivity contribution < 1.29 is 23.1 Å². The normalized spacial score (nSPS) is 10.8. The number of furan rings is 1. The third kappa shape index (κ3) is 4.42. The van der Waals surface area contributed by atoms with Gasteiger partial charge in [-0.2, -0.15) is 0 Å². The summed E-state index contributed by atoms with van der Waals surface area (Å²) in [5.74, 6) is 2.45. The standard InChI is InChI=1S/C18H18ClN3O5S/c1-9-5-11(10(2)26-9)17-21-22-18(27-17)28-8-16(23)20-13-7-14(24-3)12(19)6-15(13)25-4/h5-7H,8H2,1-4H3,(H,20,23). The van der Waals surface area contributed by atoms with Gasteiger partial charge in [-0.25, -0.2) is 0 Å². The topological polar surface area (TPSA) is 99.6 Å². The molecule has 0 bridgehead atoms. The Morgan fingerprint density at radius 1 is 1.14 bits per heavy atom. The lowest BCUT2D eigenvalue weighted by Crippen LogP contribution is -2.14. The Morgan fingerprint density at radius 2 is 1.89 bits per heavy atom. The van der Waals surface area contributed by atoms with E-state index >= 15 is 0 Å². The van der Waals surface area contributed by atoms with Gasteiger partial charge in [0, 0.05) is 12.1 Å². The monoisotopic (exact) mass is 423 g/mol. The number of rotatable bonds is 7. The number of nitrogens with one attached hydrogen (secondary N) is 1. The summed E-state index contributed by atoms with van der Waals surface area (Å²) in [6, 6.07) is 4.99. The number of aromatic nitrogens is 2. The summed E-state index contributed by atoms with van der Waals surface area (Å²) >= 11 is 7.19. The summed E-state index contributed by atoms with van der Waals surface area (Å²) in [7, 11) is 2.98. The molecule has 2 heterocycles. The van der Waals surface area contributed by atoms with E-state index in [2.05, 4.69) is 15.5 Å². The van der Waals surface area contributed by atoms with Gasteiger partial charge in [0.25, 0.3) is 11.1 Å². The molecule has 3 rings (SSSR count). The van der Waals surface area contributed by atoms with Crippen LogP contribution in [0.4, 0.5) is 5.69 Å². The van der Waals surface area contributed by atoms with Crippen molar-refractivity contribution in [1.82, 2.24) is 10.2 Å². The number of amides is 1. The van der Waals surface area contributed by atoms with Gasteiger partial charge in [0.2, 0.25) is 5.91 Å². The number of thioether (sulfide) groups is 1. The highest BCUT2D eigenvalue weighted by atomic mass is 35.5. The Morgan fingerprint density at radius 3 is 2.54 bits per heavy atom. The second-order valence-corrected chi connectivity index (χ2v) is 7.06. The zero-order chi connectivity index (χ0) is 20.3. The van der Waals surface area contributed by atoms with Crippen molar-refractivity contribution >= 4 is 35.0 Å². The third-order valence-electron chi connectivity index (χ3n) is 3.75. The number of nitrogens with zero attached hydrogens (tertiary/aromatic N) is 2. The number of aryl methyl sites for hydroxylation is 2. The minimum atomic E-state index is -0.275. The van der Waals surface area contributed by atoms with Gasteiger partial charge in [-0.3, -0.25) is 4.79 Å². The SMILES string of the molecule is COc1cc(NC(=O)CSc2nnc(-c3cc(C)oc3C)o2)c(OC)cc1Cl. The van der Waals surface area contributed by atoms with Gasteiger partial charge in [0.05, 0.1) is 36.2 Å². The van der Waals surface area contributed by atoms with E-state index in [1.807, 2.05) is 19.9 Å². The molecular formula is C18H18ClN3O5S. The van der Waals surface area contributed by atoms with Gasteiger partial charge < -0.3 is 23.6 Å². The van der Waals surface area contributed by atoms with Crippen molar-refractivity contribution in [1.29, 1.82) is 0 Å². The maximum Gasteiger partial charge on any atom is 0.277 e. The van der Waals surface area contributed by atoms with Crippen LogP contribution in [-0.4, -0.2) is 36.1 Å². The number of carbonyl (C=O) groups excluding carboxylic acids is 1. The van der Waals surface area contributed by atoms with E-state index in [1.165, 1.54) is 14.2 Å². The number of hydrogen-bond donors (Lipinski definition) is 1. The smallest absolute Gasteiger partial charge is 0.277 e. The maximum absolute atomic E-state index is 12.3. The first-order chi connectivity index (χ1) is 13.4. The first-order valence-corrected chi connectivity index (χ1v) is 9.52. The number of halogens is 1. The van der Waals surface area contributed by atoms with Crippen LogP contribution in [0.1, 0.15) is 11.5 Å². The van der Waals surface area contributed by atoms with Gasteiger partial charge in [0.1, 0.15) is 23.0 Å². The van der Waals surface area contributed by atoms with Crippen molar-refractivity contribution in [2.24, 2.45) is 0 Å². The summed E-state index contributed by atoms with van der Waals surface area (Å²) in [5.41, 5.74) is 1.18. The van der Waals surface area contributed by atoms with E-state index in [4.69, 9.17) is 29.9 Å². The average Bonchev–Trinajstić information content (AvgIpc) is 3.26. The Labute approximate surface area is 170 Å². The Balaban J connectivity index is 1.65. The molecule has 148 valence electrons. The lowest BCUT2D eigenvalue weighted by Gasteiger charge is -2.12. The molecule has 0 fully saturated rings. The first-order valence-electron chi connectivity index (χ1n) is 8.16. The number of hydrogen-bond acceptors (Lipinski definition) is 8. The van der Waals surface area contributed by atoms with E-state index in [0.717, 1.165) is 23.1 Å². The molecule has 2 aromatic heterocycles. The highest BCUT2D eigenvalue weighted by molar-refractivity contribution is 7.99. The highest BCUT2D eigenvalue weighted by Gasteiger charge is 2.17. The predicted molar refractivity (Wildman–Crippen MR) is 105 cm³/mol. The van der Waals surface area contributed by atoms with Crippen molar-refractivity contribution in [3.63, 3.8) is 0 Å². The molecule has 28 heavy (non-hydrogen) atoms. The molecular weight excluding hydrogens is 406 g/mol. The summed E-state index contributed by atoms with van der Waals surface area (Å²) in [6.45, 7) is 3.66. The number of anilines is 1. The second-order valence-electron chi connectivity index (χ2n) is 5.72. The maximum atomic E-state index is 12.3. The van der Waals surface area contributed by atoms with E-state index in [9.17, 15) is 4.79 Å². The summed E-state index contributed by atoms with van der Waals surface area (Å²) in [5, 5.41) is 11.4. The summed E-state index contributed by atoms with van der Waals surface area (Å²) in [4.78, 5) is 12.3. The zero-order valence-corrected chi connectivity index (χ0v) is 17.2. The molecule has 0 unspecified atom stereocenters.